The lowest BCUT2D eigenvalue weighted by Gasteiger charge is -2.42. The molecule has 0 bridgehead atoms. The second kappa shape index (κ2) is 11.2. The van der Waals surface area contributed by atoms with Gasteiger partial charge in [0, 0.05) is 5.57 Å². The number of carbonyl (C=O) groups is 1. The highest BCUT2D eigenvalue weighted by Gasteiger charge is 2.51. The largest absolute Gasteiger partial charge is 0.470 e. The van der Waals surface area contributed by atoms with Gasteiger partial charge in [-0.3, -0.25) is 4.52 Å². The zero-order chi connectivity index (χ0) is 23.2. The third kappa shape index (κ3) is 7.09. The summed E-state index contributed by atoms with van der Waals surface area (Å²) in [7, 11) is -5.11. The molecule has 1 aromatic rings. The van der Waals surface area contributed by atoms with Crippen LogP contribution in [0.2, 0.25) is 0 Å². The summed E-state index contributed by atoms with van der Waals surface area (Å²) in [6.07, 6.45) is -5.63. The fourth-order valence-corrected chi connectivity index (χ4v) is 3.47. The molecule has 1 fully saturated rings. The van der Waals surface area contributed by atoms with E-state index >= 15 is 0 Å². The summed E-state index contributed by atoms with van der Waals surface area (Å²) in [6, 6.07) is 6.75. The predicted molar refractivity (Wildman–Crippen MR) is 108 cm³/mol. The molecule has 1 aliphatic heterocycles. The molecule has 1 saturated heterocycles. The van der Waals surface area contributed by atoms with Gasteiger partial charge in [-0.05, 0) is 44.5 Å². The highest BCUT2D eigenvalue weighted by Crippen LogP contribution is 2.42. The smallest absolute Gasteiger partial charge is 0.461 e. The van der Waals surface area contributed by atoms with Crippen molar-refractivity contribution in [2.24, 2.45) is 5.73 Å². The SMILES string of the molecule is C/C=C(\C)C(=O)O[C@H]1[C@H](Oc2ccc(CCN)cc2)O[C@H](CO)[C@@H](O)[C@@H]1OP(=O)(O)O. The molecule has 31 heavy (non-hydrogen) atoms. The Hall–Kier alpha value is -1.82. The number of phosphoric acid groups is 1. The number of hydrogen-bond acceptors (Lipinski definition) is 9. The minimum Gasteiger partial charge on any atom is -0.461 e. The maximum atomic E-state index is 12.3. The van der Waals surface area contributed by atoms with Crippen molar-refractivity contribution in [1.82, 2.24) is 0 Å². The van der Waals surface area contributed by atoms with Crippen LogP contribution in [-0.2, 0) is 29.8 Å². The molecule has 1 aliphatic rings. The van der Waals surface area contributed by atoms with Gasteiger partial charge in [0.05, 0.1) is 6.61 Å². The van der Waals surface area contributed by atoms with E-state index in [0.29, 0.717) is 13.0 Å². The number of phosphoric ester groups is 1. The van der Waals surface area contributed by atoms with Crippen LogP contribution in [0.5, 0.6) is 5.75 Å². The van der Waals surface area contributed by atoms with Crippen LogP contribution in [0.4, 0.5) is 0 Å². The molecular formula is C19H28NO10P. The Morgan fingerprint density at radius 2 is 1.90 bits per heavy atom. The monoisotopic (exact) mass is 461 g/mol. The number of aliphatic hydroxyl groups excluding tert-OH is 2. The van der Waals surface area contributed by atoms with E-state index in [1.54, 1.807) is 31.2 Å². The third-order valence-corrected chi connectivity index (χ3v) is 5.18. The van der Waals surface area contributed by atoms with Crippen LogP contribution in [0.25, 0.3) is 0 Å². The Morgan fingerprint density at radius 1 is 1.26 bits per heavy atom. The molecule has 0 amide bonds. The molecule has 6 N–H and O–H groups in total. The number of aliphatic hydroxyl groups is 2. The molecule has 1 heterocycles. The summed E-state index contributed by atoms with van der Waals surface area (Å²) < 4.78 is 32.8. The van der Waals surface area contributed by atoms with Crippen LogP contribution in [0.3, 0.4) is 0 Å². The average molecular weight is 461 g/mol. The molecule has 0 aromatic heterocycles. The highest BCUT2D eigenvalue weighted by molar-refractivity contribution is 7.46. The van der Waals surface area contributed by atoms with Gasteiger partial charge in [-0.1, -0.05) is 18.2 Å². The Kier molecular flexibility index (Phi) is 9.16. The van der Waals surface area contributed by atoms with Crippen molar-refractivity contribution in [2.75, 3.05) is 13.2 Å². The van der Waals surface area contributed by atoms with Crippen molar-refractivity contribution in [3.05, 3.63) is 41.5 Å². The molecule has 0 aliphatic carbocycles. The minimum absolute atomic E-state index is 0.207. The first-order chi connectivity index (χ1) is 14.6. The molecule has 1 aromatic carbocycles. The number of carbonyl (C=O) groups excluding carboxylic acids is 1. The summed E-state index contributed by atoms with van der Waals surface area (Å²) >= 11 is 0. The molecular weight excluding hydrogens is 433 g/mol. The maximum Gasteiger partial charge on any atom is 0.470 e. The van der Waals surface area contributed by atoms with E-state index in [4.69, 9.17) is 24.5 Å². The van der Waals surface area contributed by atoms with E-state index in [1.807, 2.05) is 0 Å². The van der Waals surface area contributed by atoms with Crippen LogP contribution in [0.15, 0.2) is 35.9 Å². The first-order valence-corrected chi connectivity index (χ1v) is 11.1. The van der Waals surface area contributed by atoms with Crippen molar-refractivity contribution >= 4 is 13.8 Å². The lowest BCUT2D eigenvalue weighted by Crippen LogP contribution is -2.62. The van der Waals surface area contributed by atoms with Gasteiger partial charge in [0.25, 0.3) is 0 Å². The summed E-state index contributed by atoms with van der Waals surface area (Å²) in [4.78, 5) is 30.9. The van der Waals surface area contributed by atoms with Gasteiger partial charge < -0.3 is 39.9 Å². The Labute approximate surface area is 179 Å². The first-order valence-electron chi connectivity index (χ1n) is 9.57. The fraction of sp³-hybridized carbons (Fsp3) is 0.526. The number of rotatable bonds is 9. The van der Waals surface area contributed by atoms with Crippen LogP contribution in [-0.4, -0.2) is 69.8 Å². The van der Waals surface area contributed by atoms with Crippen LogP contribution in [0.1, 0.15) is 19.4 Å². The molecule has 12 heteroatoms. The van der Waals surface area contributed by atoms with Gasteiger partial charge in [0.2, 0.25) is 6.29 Å². The number of ether oxygens (including phenoxy) is 3. The zero-order valence-corrected chi connectivity index (χ0v) is 18.1. The first kappa shape index (κ1) is 25.4. The van der Waals surface area contributed by atoms with E-state index in [2.05, 4.69) is 0 Å². The molecule has 0 unspecified atom stereocenters. The summed E-state index contributed by atoms with van der Waals surface area (Å²) in [5, 5.41) is 20.0. The van der Waals surface area contributed by atoms with Gasteiger partial charge in [-0.15, -0.1) is 0 Å². The molecule has 5 atom stereocenters. The summed E-state index contributed by atoms with van der Waals surface area (Å²) in [5.41, 5.74) is 6.69. The normalized spacial score (nSPS) is 27.1. The zero-order valence-electron chi connectivity index (χ0n) is 17.2. The topological polar surface area (TPSA) is 178 Å². The molecule has 174 valence electrons. The molecule has 0 radical (unpaired) electrons. The highest BCUT2D eigenvalue weighted by atomic mass is 31.2. The van der Waals surface area contributed by atoms with E-state index in [1.165, 1.54) is 13.0 Å². The van der Waals surface area contributed by atoms with Gasteiger partial charge in [0.15, 0.2) is 6.10 Å². The number of hydrogen-bond donors (Lipinski definition) is 5. The van der Waals surface area contributed by atoms with E-state index in [9.17, 15) is 29.4 Å². The molecule has 0 saturated carbocycles. The second-order valence-corrected chi connectivity index (χ2v) is 8.11. The molecule has 0 spiro atoms. The van der Waals surface area contributed by atoms with E-state index < -0.39 is 51.1 Å². The van der Waals surface area contributed by atoms with E-state index in [-0.39, 0.29) is 11.3 Å². The fourth-order valence-electron chi connectivity index (χ4n) is 2.91. The summed E-state index contributed by atoms with van der Waals surface area (Å²) in [6.45, 7) is 2.84. The van der Waals surface area contributed by atoms with Gasteiger partial charge in [-0.2, -0.15) is 0 Å². The standard InChI is InChI=1S/C19H28NO10P/c1-3-11(2)18(23)29-17-16(30-31(24,25)26)15(22)14(10-21)28-19(17)27-13-6-4-12(5-7-13)8-9-20/h3-7,14-17,19,21-22H,8-10,20H2,1-2H3,(H2,24,25,26)/b11-3+/t14-,15-,16+,17-,19-/m1/s1. The number of nitrogens with two attached hydrogens (primary N) is 1. The van der Waals surface area contributed by atoms with Crippen LogP contribution in [0, 0.1) is 0 Å². The summed E-state index contributed by atoms with van der Waals surface area (Å²) in [5.74, 6) is -0.533. The Morgan fingerprint density at radius 3 is 2.42 bits per heavy atom. The predicted octanol–water partition coefficient (Wildman–Crippen LogP) is 0.000600. The maximum absolute atomic E-state index is 12.3. The van der Waals surface area contributed by atoms with Crippen molar-refractivity contribution in [3.63, 3.8) is 0 Å². The number of benzene rings is 1. The van der Waals surface area contributed by atoms with Crippen molar-refractivity contribution in [3.8, 4) is 5.75 Å². The van der Waals surface area contributed by atoms with E-state index in [0.717, 1.165) is 5.56 Å². The lowest BCUT2D eigenvalue weighted by atomic mass is 9.99. The van der Waals surface area contributed by atoms with Crippen LogP contribution < -0.4 is 10.5 Å². The Balaban J connectivity index is 2.36. The van der Waals surface area contributed by atoms with Gasteiger partial charge in [0.1, 0.15) is 24.1 Å². The van der Waals surface area contributed by atoms with Crippen molar-refractivity contribution in [1.29, 1.82) is 0 Å². The lowest BCUT2D eigenvalue weighted by molar-refractivity contribution is -0.278. The van der Waals surface area contributed by atoms with Crippen LogP contribution >= 0.6 is 7.82 Å². The minimum atomic E-state index is -5.11. The van der Waals surface area contributed by atoms with Gasteiger partial charge in [-0.25, -0.2) is 9.36 Å². The number of esters is 1. The number of allylic oxidation sites excluding steroid dienone is 1. The quantitative estimate of drug-likeness (QED) is 0.190. The molecule has 2 rings (SSSR count). The molecule has 11 nitrogen and oxygen atoms in total. The average Bonchev–Trinajstić information content (AvgIpc) is 2.72. The second-order valence-electron chi connectivity index (χ2n) is 6.92. The Bertz CT molecular complexity index is 808. The van der Waals surface area contributed by atoms with Gasteiger partial charge >= 0.3 is 13.8 Å². The third-order valence-electron chi connectivity index (χ3n) is 4.66. The van der Waals surface area contributed by atoms with Crippen molar-refractivity contribution in [2.45, 2.75) is 51.0 Å². The van der Waals surface area contributed by atoms with Crippen molar-refractivity contribution < 1.29 is 48.1 Å².